The molecular weight excluding hydrogens is 390 g/mol. The summed E-state index contributed by atoms with van der Waals surface area (Å²) in [4.78, 5) is 21.8. The van der Waals surface area contributed by atoms with Crippen molar-refractivity contribution in [1.29, 1.82) is 0 Å². The third kappa shape index (κ3) is 7.30. The van der Waals surface area contributed by atoms with Crippen molar-refractivity contribution < 1.29 is 23.0 Å². The van der Waals surface area contributed by atoms with Gasteiger partial charge in [-0.2, -0.15) is 4.21 Å². The van der Waals surface area contributed by atoms with Gasteiger partial charge in [0.25, 0.3) is 0 Å². The van der Waals surface area contributed by atoms with E-state index in [1.807, 2.05) is 0 Å². The molecule has 0 aromatic heterocycles. The van der Waals surface area contributed by atoms with E-state index < -0.39 is 29.4 Å². The molecule has 9 heteroatoms. The summed E-state index contributed by atoms with van der Waals surface area (Å²) < 4.78 is 23.8. The molecular formula is C14H18BrNO6S. The third-order valence-electron chi connectivity index (χ3n) is 2.91. The van der Waals surface area contributed by atoms with Gasteiger partial charge >= 0.3 is 17.2 Å². The zero-order chi connectivity index (χ0) is 17.4. The first-order valence-corrected chi connectivity index (χ1v) is 8.71. The van der Waals surface area contributed by atoms with Crippen LogP contribution in [0.4, 0.5) is 0 Å². The molecule has 0 bridgehead atoms. The van der Waals surface area contributed by atoms with Gasteiger partial charge in [0.15, 0.2) is 6.29 Å². The maximum atomic E-state index is 11.7. The Bertz CT molecular complexity index is 551. The van der Waals surface area contributed by atoms with Crippen molar-refractivity contribution in [3.8, 4) is 0 Å². The predicted molar refractivity (Wildman–Crippen MR) is 88.4 cm³/mol. The molecule has 0 aliphatic heterocycles. The van der Waals surface area contributed by atoms with E-state index in [0.717, 1.165) is 4.47 Å². The molecule has 0 spiro atoms. The summed E-state index contributed by atoms with van der Waals surface area (Å²) in [7, 11) is 0. The Morgan fingerprint density at radius 2 is 1.96 bits per heavy atom. The molecule has 0 fully saturated rings. The summed E-state index contributed by atoms with van der Waals surface area (Å²) in [6, 6.07) is 6.98. The van der Waals surface area contributed by atoms with E-state index >= 15 is 0 Å². The van der Waals surface area contributed by atoms with Gasteiger partial charge in [0.1, 0.15) is 0 Å². The smallest absolute Gasteiger partial charge is 0.325 e. The topological polar surface area (TPSA) is 102 Å². The lowest BCUT2D eigenvalue weighted by atomic mass is 9.94. The molecule has 0 aliphatic carbocycles. The van der Waals surface area contributed by atoms with Gasteiger partial charge in [0, 0.05) is 16.8 Å². The van der Waals surface area contributed by atoms with Crippen LogP contribution in [-0.2, 0) is 25.0 Å². The molecule has 7 nitrogen and oxygen atoms in total. The van der Waals surface area contributed by atoms with E-state index in [-0.39, 0.29) is 18.9 Å². The molecule has 1 aromatic rings. The van der Waals surface area contributed by atoms with Crippen LogP contribution in [-0.4, -0.2) is 27.7 Å². The van der Waals surface area contributed by atoms with E-state index in [1.165, 1.54) is 0 Å². The summed E-state index contributed by atoms with van der Waals surface area (Å²) in [5.74, 6) is -1.07. The van der Waals surface area contributed by atoms with Crippen LogP contribution >= 0.6 is 15.9 Å². The highest BCUT2D eigenvalue weighted by Crippen LogP contribution is 2.28. The SMILES string of the molecule is CC(C)OC(=O)CCC(c1ccc(Br)cc1)C(O)OS(=O)N=O. The fourth-order valence-electron chi connectivity index (χ4n) is 1.95. The highest BCUT2D eigenvalue weighted by molar-refractivity contribution is 9.10. The Hall–Kier alpha value is -1.16. The molecule has 1 N–H and O–H groups in total. The van der Waals surface area contributed by atoms with Crippen LogP contribution in [0.5, 0.6) is 0 Å². The van der Waals surface area contributed by atoms with E-state index in [4.69, 9.17) is 4.74 Å². The van der Waals surface area contributed by atoms with Crippen molar-refractivity contribution >= 4 is 33.2 Å². The average molecular weight is 408 g/mol. The lowest BCUT2D eigenvalue weighted by Gasteiger charge is -2.21. The van der Waals surface area contributed by atoms with Gasteiger partial charge in [-0.1, -0.05) is 28.1 Å². The lowest BCUT2D eigenvalue weighted by molar-refractivity contribution is -0.147. The first kappa shape index (κ1) is 19.9. The van der Waals surface area contributed by atoms with E-state index in [9.17, 15) is 19.0 Å². The standard InChI is InChI=1S/C14H18BrNO6S/c1-9(2)21-13(17)8-7-12(14(18)22-23(20)16-19)10-3-5-11(15)6-4-10/h3-6,9,12,14,18H,7-8H2,1-2H3. The minimum Gasteiger partial charge on any atom is -0.463 e. The largest absolute Gasteiger partial charge is 0.463 e. The molecule has 0 aliphatic rings. The Morgan fingerprint density at radius 1 is 1.35 bits per heavy atom. The third-order valence-corrected chi connectivity index (χ3v) is 3.92. The number of nitroso groups, excluding NO2 is 1. The number of halogens is 1. The van der Waals surface area contributed by atoms with Gasteiger partial charge in [-0.05, 0) is 38.0 Å². The first-order valence-electron chi connectivity index (χ1n) is 6.89. The molecule has 128 valence electrons. The van der Waals surface area contributed by atoms with Gasteiger partial charge in [0.05, 0.1) is 10.7 Å². The highest BCUT2D eigenvalue weighted by atomic mass is 79.9. The van der Waals surface area contributed by atoms with Crippen LogP contribution in [0.2, 0.25) is 0 Å². The number of aliphatic hydroxyl groups is 1. The maximum absolute atomic E-state index is 11.7. The molecule has 1 aromatic carbocycles. The zero-order valence-corrected chi connectivity index (χ0v) is 15.1. The van der Waals surface area contributed by atoms with Crippen molar-refractivity contribution in [3.05, 3.63) is 39.2 Å². The van der Waals surface area contributed by atoms with Gasteiger partial charge in [0.2, 0.25) is 0 Å². The number of carbonyl (C=O) groups excluding carboxylic acids is 1. The number of nitrogens with zero attached hydrogens (tertiary/aromatic N) is 1. The molecule has 0 amide bonds. The molecule has 23 heavy (non-hydrogen) atoms. The predicted octanol–water partition coefficient (Wildman–Crippen LogP) is 2.94. The number of hydrogen-bond donors (Lipinski definition) is 1. The second-order valence-electron chi connectivity index (χ2n) is 5.01. The molecule has 0 saturated heterocycles. The summed E-state index contributed by atoms with van der Waals surface area (Å²) >= 11 is 0.814. The quantitative estimate of drug-likeness (QED) is 0.383. The van der Waals surface area contributed by atoms with Crippen molar-refractivity contribution in [2.24, 2.45) is 4.58 Å². The number of aliphatic hydroxyl groups excluding tert-OH is 1. The number of rotatable bonds is 9. The van der Waals surface area contributed by atoms with Gasteiger partial charge in [-0.25, -0.2) is 4.18 Å². The minimum atomic E-state index is -2.49. The molecule has 0 heterocycles. The molecule has 1 rings (SSSR count). The van der Waals surface area contributed by atoms with Crippen molar-refractivity contribution in [2.45, 2.75) is 45.0 Å². The normalized spacial score (nSPS) is 15.0. The Kier molecular flexibility index (Phi) is 8.53. The zero-order valence-electron chi connectivity index (χ0n) is 12.7. The van der Waals surface area contributed by atoms with Gasteiger partial charge in [-0.15, -0.1) is 4.91 Å². The first-order chi connectivity index (χ1) is 10.8. The number of benzene rings is 1. The number of ether oxygens (including phenoxy) is 1. The minimum absolute atomic E-state index is 0.0421. The van der Waals surface area contributed by atoms with Crippen LogP contribution in [0.15, 0.2) is 33.3 Å². The summed E-state index contributed by atoms with van der Waals surface area (Å²) in [5.41, 5.74) is 0.668. The van der Waals surface area contributed by atoms with Crippen LogP contribution in [0.3, 0.4) is 0 Å². The lowest BCUT2D eigenvalue weighted by Crippen LogP contribution is -2.24. The average Bonchev–Trinajstić information content (AvgIpc) is 2.48. The van der Waals surface area contributed by atoms with Gasteiger partial charge < -0.3 is 9.84 Å². The molecule has 0 radical (unpaired) electrons. The maximum Gasteiger partial charge on any atom is 0.325 e. The van der Waals surface area contributed by atoms with E-state index in [2.05, 4.69) is 24.7 Å². The highest BCUT2D eigenvalue weighted by Gasteiger charge is 2.26. The van der Waals surface area contributed by atoms with Crippen molar-refractivity contribution in [3.63, 3.8) is 0 Å². The number of esters is 1. The van der Waals surface area contributed by atoms with Gasteiger partial charge in [-0.3, -0.25) is 4.79 Å². The molecule has 3 unspecified atom stereocenters. The fourth-order valence-corrected chi connectivity index (χ4v) is 2.55. The van der Waals surface area contributed by atoms with Crippen LogP contribution < -0.4 is 0 Å². The van der Waals surface area contributed by atoms with E-state index in [0.29, 0.717) is 5.56 Å². The molecule has 3 atom stereocenters. The fraction of sp³-hybridized carbons (Fsp3) is 0.500. The monoisotopic (exact) mass is 407 g/mol. The van der Waals surface area contributed by atoms with Crippen LogP contribution in [0.1, 0.15) is 38.2 Å². The Balaban J connectivity index is 2.83. The number of carbonyl (C=O) groups is 1. The number of hydrogen-bond acceptors (Lipinski definition) is 6. The summed E-state index contributed by atoms with van der Waals surface area (Å²) in [6.07, 6.45) is -1.53. The molecule has 0 saturated carbocycles. The van der Waals surface area contributed by atoms with Crippen molar-refractivity contribution in [1.82, 2.24) is 0 Å². The van der Waals surface area contributed by atoms with Crippen LogP contribution in [0, 0.1) is 4.91 Å². The van der Waals surface area contributed by atoms with E-state index in [1.54, 1.807) is 38.1 Å². The Morgan fingerprint density at radius 3 is 2.48 bits per heavy atom. The van der Waals surface area contributed by atoms with Crippen molar-refractivity contribution in [2.75, 3.05) is 0 Å². The Labute approximate surface area is 145 Å². The summed E-state index contributed by atoms with van der Waals surface area (Å²) in [6.45, 7) is 3.47. The van der Waals surface area contributed by atoms with Crippen LogP contribution in [0.25, 0.3) is 0 Å². The summed E-state index contributed by atoms with van der Waals surface area (Å²) in [5, 5.41) is 10.0. The second kappa shape index (κ2) is 9.86. The second-order valence-corrected chi connectivity index (χ2v) is 6.71.